The number of rotatable bonds is 16. The summed E-state index contributed by atoms with van der Waals surface area (Å²) in [6.07, 6.45) is 8.38. The number of hydrogen-bond donors (Lipinski definition) is 6. The number of ether oxygens (including phenoxy) is 1. The molecule has 1 atom stereocenters. The highest BCUT2D eigenvalue weighted by molar-refractivity contribution is 8.24. The lowest BCUT2D eigenvalue weighted by molar-refractivity contribution is 0.126. The Kier molecular flexibility index (Phi) is 12.0. The van der Waals surface area contributed by atoms with Crippen LogP contribution in [0.4, 0.5) is 0 Å². The predicted molar refractivity (Wildman–Crippen MR) is 145 cm³/mol. The monoisotopic (exact) mass is 521 g/mol. The molecule has 1 aliphatic rings. The largest absolute Gasteiger partial charge is 0.508 e. The Balaban J connectivity index is 1.15. The summed E-state index contributed by atoms with van der Waals surface area (Å²) < 4.78 is 26.4. The molecule has 0 spiro atoms. The molecule has 2 aromatic carbocycles. The fourth-order valence-corrected chi connectivity index (χ4v) is 6.28. The van der Waals surface area contributed by atoms with Gasteiger partial charge in [0.25, 0.3) is 0 Å². The third-order valence-corrected chi connectivity index (χ3v) is 8.69. The molecule has 0 saturated carbocycles. The molecule has 7 nitrogen and oxygen atoms in total. The van der Waals surface area contributed by atoms with Gasteiger partial charge in [-0.15, -0.1) is 0 Å². The van der Waals surface area contributed by atoms with Crippen molar-refractivity contribution in [1.29, 1.82) is 0 Å². The van der Waals surface area contributed by atoms with Gasteiger partial charge < -0.3 is 25.4 Å². The van der Waals surface area contributed by atoms with Crippen LogP contribution in [-0.2, 0) is 24.2 Å². The third kappa shape index (κ3) is 9.03. The first kappa shape index (κ1) is 28.9. The number of hydrogen-bond acceptors (Lipinski definition) is 7. The summed E-state index contributed by atoms with van der Waals surface area (Å²) in [6, 6.07) is 11.0. The highest BCUT2D eigenvalue weighted by atomic mass is 32.3. The van der Waals surface area contributed by atoms with Crippen LogP contribution >= 0.6 is 10.6 Å². The zero-order chi connectivity index (χ0) is 25.8. The standard InChI is InChI=1S/C28H43NO6S/c30-21-25-19-24(12-13-26(25)31)27(32)20-29-14-4-1-2-5-15-35-16-6-3-8-22-10-11-23-9-7-17-36(33,34)28(23)18-22/h10-13,18-19,27,29-34H,1-9,14-17,20-21H2. The van der Waals surface area contributed by atoms with E-state index in [2.05, 4.69) is 17.4 Å². The Labute approximate surface area is 216 Å². The van der Waals surface area contributed by atoms with Gasteiger partial charge in [0, 0.05) is 31.1 Å². The fourth-order valence-electron chi connectivity index (χ4n) is 4.58. The van der Waals surface area contributed by atoms with Crippen LogP contribution in [0, 0.1) is 0 Å². The van der Waals surface area contributed by atoms with Gasteiger partial charge >= 0.3 is 0 Å². The molecule has 0 aromatic heterocycles. The van der Waals surface area contributed by atoms with E-state index in [9.17, 15) is 24.4 Å². The lowest BCUT2D eigenvalue weighted by Gasteiger charge is -2.38. The van der Waals surface area contributed by atoms with E-state index in [-0.39, 0.29) is 12.4 Å². The van der Waals surface area contributed by atoms with Crippen molar-refractivity contribution in [3.8, 4) is 5.75 Å². The maximum Gasteiger partial charge on any atom is 0.121 e. The molecular formula is C28H43NO6S. The molecule has 0 bridgehead atoms. The zero-order valence-corrected chi connectivity index (χ0v) is 22.0. The number of fused-ring (bicyclic) bond motifs is 1. The minimum atomic E-state index is -2.59. The van der Waals surface area contributed by atoms with Crippen molar-refractivity contribution >= 4 is 10.6 Å². The fraction of sp³-hybridized carbons (Fsp3) is 0.571. The van der Waals surface area contributed by atoms with Crippen LogP contribution in [0.25, 0.3) is 0 Å². The molecule has 0 amide bonds. The van der Waals surface area contributed by atoms with E-state index in [1.165, 1.54) is 11.6 Å². The minimum Gasteiger partial charge on any atom is -0.508 e. The third-order valence-electron chi connectivity index (χ3n) is 6.75. The number of nitrogens with one attached hydrogen (secondary N) is 1. The van der Waals surface area contributed by atoms with Crippen molar-refractivity contribution in [3.63, 3.8) is 0 Å². The number of benzene rings is 2. The Morgan fingerprint density at radius 3 is 2.53 bits per heavy atom. The summed E-state index contributed by atoms with van der Waals surface area (Å²) in [6.45, 7) is 2.55. The molecule has 2 aromatic rings. The molecule has 1 aliphatic heterocycles. The van der Waals surface area contributed by atoms with E-state index in [0.717, 1.165) is 88.0 Å². The second-order valence-electron chi connectivity index (χ2n) is 9.67. The molecule has 8 heteroatoms. The van der Waals surface area contributed by atoms with E-state index >= 15 is 0 Å². The number of phenols is 1. The maximum atomic E-state index is 10.3. The topological polar surface area (TPSA) is 122 Å². The molecule has 0 aliphatic carbocycles. The van der Waals surface area contributed by atoms with Gasteiger partial charge in [0.15, 0.2) is 0 Å². The molecule has 1 heterocycles. The summed E-state index contributed by atoms with van der Waals surface area (Å²) >= 11 is 0. The average molecular weight is 522 g/mol. The van der Waals surface area contributed by atoms with Gasteiger partial charge in [-0.3, -0.25) is 9.11 Å². The Morgan fingerprint density at radius 1 is 0.944 bits per heavy atom. The van der Waals surface area contributed by atoms with Crippen molar-refractivity contribution in [2.45, 2.75) is 75.4 Å². The molecule has 6 N–H and O–H groups in total. The predicted octanol–water partition coefficient (Wildman–Crippen LogP) is 5.16. The number of aromatic hydroxyl groups is 1. The minimum absolute atomic E-state index is 0.0408. The van der Waals surface area contributed by atoms with Crippen LogP contribution < -0.4 is 5.32 Å². The van der Waals surface area contributed by atoms with Crippen LogP contribution in [0.15, 0.2) is 41.3 Å². The normalized spacial score (nSPS) is 16.4. The summed E-state index contributed by atoms with van der Waals surface area (Å²) in [5.74, 6) is 0.532. The van der Waals surface area contributed by atoms with Gasteiger partial charge in [0.05, 0.1) is 17.6 Å². The summed E-state index contributed by atoms with van der Waals surface area (Å²) in [5, 5.41) is 32.4. The molecule has 1 unspecified atom stereocenters. The molecule has 0 saturated heterocycles. The Hall–Kier alpha value is -1.65. The van der Waals surface area contributed by atoms with E-state index in [4.69, 9.17) is 4.74 Å². The lowest BCUT2D eigenvalue weighted by atomic mass is 10.0. The van der Waals surface area contributed by atoms with E-state index in [1.807, 2.05) is 6.07 Å². The number of unbranched alkanes of at least 4 members (excludes halogenated alkanes) is 4. The van der Waals surface area contributed by atoms with Gasteiger partial charge in [-0.1, -0.05) is 31.0 Å². The van der Waals surface area contributed by atoms with Gasteiger partial charge in [0.1, 0.15) is 5.75 Å². The summed E-state index contributed by atoms with van der Waals surface area (Å²) in [5.41, 5.74) is 3.37. The van der Waals surface area contributed by atoms with Crippen LogP contribution in [0.5, 0.6) is 5.75 Å². The SMILES string of the molecule is OCc1cc(C(O)CNCCCCCCOCCCCc2ccc3c(c2)S(O)(O)CCC3)ccc1O. The molecule has 3 rings (SSSR count). The Morgan fingerprint density at radius 2 is 1.72 bits per heavy atom. The van der Waals surface area contributed by atoms with E-state index in [0.29, 0.717) is 23.4 Å². The molecule has 36 heavy (non-hydrogen) atoms. The Bertz CT molecular complexity index is 938. The second kappa shape index (κ2) is 14.9. The van der Waals surface area contributed by atoms with Crippen molar-refractivity contribution in [1.82, 2.24) is 5.32 Å². The first-order valence-corrected chi connectivity index (χ1v) is 14.9. The highest BCUT2D eigenvalue weighted by Gasteiger charge is 2.24. The quantitative estimate of drug-likeness (QED) is 0.169. The van der Waals surface area contributed by atoms with Crippen LogP contribution in [-0.4, -0.2) is 56.5 Å². The summed E-state index contributed by atoms with van der Waals surface area (Å²) in [7, 11) is -2.59. The average Bonchev–Trinajstić information content (AvgIpc) is 2.87. The van der Waals surface area contributed by atoms with Gasteiger partial charge in [-0.25, -0.2) is 0 Å². The summed E-state index contributed by atoms with van der Waals surface area (Å²) in [4.78, 5) is 0.767. The number of aryl methyl sites for hydroxylation is 2. The smallest absolute Gasteiger partial charge is 0.121 e. The molecular weight excluding hydrogens is 478 g/mol. The van der Waals surface area contributed by atoms with Crippen molar-refractivity contribution < 1.29 is 29.2 Å². The maximum absolute atomic E-state index is 10.3. The molecule has 0 fully saturated rings. The van der Waals surface area contributed by atoms with Gasteiger partial charge in [-0.2, -0.15) is 10.6 Å². The van der Waals surface area contributed by atoms with E-state index < -0.39 is 16.7 Å². The second-order valence-corrected chi connectivity index (χ2v) is 11.8. The zero-order valence-electron chi connectivity index (χ0n) is 21.2. The van der Waals surface area contributed by atoms with Crippen molar-refractivity contribution in [2.75, 3.05) is 32.1 Å². The highest BCUT2D eigenvalue weighted by Crippen LogP contribution is 2.53. The number of aliphatic hydroxyl groups is 2. The van der Waals surface area contributed by atoms with Crippen LogP contribution in [0.3, 0.4) is 0 Å². The van der Waals surface area contributed by atoms with Gasteiger partial charge in [-0.05, 0) is 86.4 Å². The lowest BCUT2D eigenvalue weighted by Crippen LogP contribution is -2.22. The van der Waals surface area contributed by atoms with Gasteiger partial charge in [0.2, 0.25) is 0 Å². The van der Waals surface area contributed by atoms with Crippen molar-refractivity contribution in [2.24, 2.45) is 0 Å². The van der Waals surface area contributed by atoms with Crippen LogP contribution in [0.2, 0.25) is 0 Å². The van der Waals surface area contributed by atoms with Crippen molar-refractivity contribution in [3.05, 3.63) is 58.7 Å². The van der Waals surface area contributed by atoms with E-state index in [1.54, 1.807) is 12.1 Å². The number of aliphatic hydroxyl groups excluding tert-OH is 2. The molecule has 0 radical (unpaired) electrons. The first-order chi connectivity index (χ1) is 17.4. The first-order valence-electron chi connectivity index (χ1n) is 13.2. The van der Waals surface area contributed by atoms with Crippen LogP contribution in [0.1, 0.15) is 73.3 Å². The molecule has 202 valence electrons.